The van der Waals surface area contributed by atoms with Crippen LogP contribution < -0.4 is 14.8 Å². The van der Waals surface area contributed by atoms with Gasteiger partial charge in [-0.25, -0.2) is 8.42 Å². The highest BCUT2D eigenvalue weighted by Crippen LogP contribution is 2.27. The van der Waals surface area contributed by atoms with Gasteiger partial charge in [0.2, 0.25) is 0 Å². The number of carbonyl (C=O) groups is 1. The minimum absolute atomic E-state index is 0.243. The van der Waals surface area contributed by atoms with Crippen molar-refractivity contribution in [1.82, 2.24) is 5.32 Å². The molecule has 1 N–H and O–H groups in total. The van der Waals surface area contributed by atoms with E-state index in [2.05, 4.69) is 5.32 Å². The molecule has 0 bridgehead atoms. The van der Waals surface area contributed by atoms with E-state index >= 15 is 0 Å². The van der Waals surface area contributed by atoms with E-state index in [0.29, 0.717) is 11.5 Å². The predicted molar refractivity (Wildman–Crippen MR) is 99.2 cm³/mol. The fourth-order valence-electron chi connectivity index (χ4n) is 2.38. The Hall–Kier alpha value is -2.54. The van der Waals surface area contributed by atoms with Crippen molar-refractivity contribution in [1.29, 1.82) is 0 Å². The van der Waals surface area contributed by atoms with E-state index in [4.69, 9.17) is 9.47 Å². The second-order valence-electron chi connectivity index (χ2n) is 5.98. The lowest BCUT2D eigenvalue weighted by Gasteiger charge is -2.20. The molecule has 0 saturated carbocycles. The molecule has 0 aromatic heterocycles. The number of rotatable bonds is 7. The molecule has 140 valence electrons. The zero-order valence-corrected chi connectivity index (χ0v) is 16.0. The number of sulfone groups is 1. The first-order valence-electron chi connectivity index (χ1n) is 8.12. The minimum atomic E-state index is -3.24. The molecule has 0 heterocycles. The van der Waals surface area contributed by atoms with Crippen molar-refractivity contribution >= 4 is 15.7 Å². The van der Waals surface area contributed by atoms with Gasteiger partial charge in [0, 0.05) is 6.26 Å². The number of methoxy groups -OCH3 is 1. The number of hydrogen-bond acceptors (Lipinski definition) is 5. The first kappa shape index (κ1) is 19.8. The Bertz CT molecular complexity index is 862. The second-order valence-corrected chi connectivity index (χ2v) is 8.00. The molecule has 7 heteroatoms. The molecule has 1 amide bonds. The topological polar surface area (TPSA) is 81.7 Å². The Morgan fingerprint density at radius 1 is 1.00 bits per heavy atom. The molecule has 26 heavy (non-hydrogen) atoms. The molecule has 0 aliphatic rings. The Balaban J connectivity index is 2.01. The van der Waals surface area contributed by atoms with Crippen LogP contribution in [0.4, 0.5) is 0 Å². The van der Waals surface area contributed by atoms with Crippen LogP contribution in [0.25, 0.3) is 0 Å². The first-order chi connectivity index (χ1) is 12.2. The lowest BCUT2D eigenvalue weighted by Crippen LogP contribution is -2.37. The van der Waals surface area contributed by atoms with E-state index in [1.807, 2.05) is 13.0 Å². The smallest absolute Gasteiger partial charge is 0.261 e. The highest BCUT2D eigenvalue weighted by atomic mass is 32.2. The van der Waals surface area contributed by atoms with E-state index in [-0.39, 0.29) is 16.8 Å². The summed E-state index contributed by atoms with van der Waals surface area (Å²) in [6.07, 6.45) is 0.438. The van der Waals surface area contributed by atoms with Crippen LogP contribution >= 0.6 is 0 Å². The van der Waals surface area contributed by atoms with Crippen molar-refractivity contribution in [3.63, 3.8) is 0 Å². The number of nitrogens with one attached hydrogen (secondary N) is 1. The standard InChI is InChI=1S/C19H23NO5S/c1-13(15-9-11-16(12-10-15)26(4,22)23)20-19(21)14(2)25-18-8-6-5-7-17(18)24-3/h5-14H,1-4H3,(H,20,21). The summed E-state index contributed by atoms with van der Waals surface area (Å²) in [5.74, 6) is 0.759. The Kier molecular flexibility index (Phi) is 6.26. The van der Waals surface area contributed by atoms with Crippen LogP contribution in [0.3, 0.4) is 0 Å². The number of carbonyl (C=O) groups excluding carboxylic acids is 1. The Morgan fingerprint density at radius 2 is 1.58 bits per heavy atom. The monoisotopic (exact) mass is 377 g/mol. The average molecular weight is 377 g/mol. The quantitative estimate of drug-likeness (QED) is 0.802. The number of amides is 1. The first-order valence-corrected chi connectivity index (χ1v) is 10.0. The number of benzene rings is 2. The maximum absolute atomic E-state index is 12.4. The van der Waals surface area contributed by atoms with E-state index in [9.17, 15) is 13.2 Å². The van der Waals surface area contributed by atoms with Crippen molar-refractivity contribution in [3.8, 4) is 11.5 Å². The summed E-state index contributed by atoms with van der Waals surface area (Å²) in [5, 5.41) is 2.86. The van der Waals surface area contributed by atoms with Gasteiger partial charge < -0.3 is 14.8 Å². The average Bonchev–Trinajstić information content (AvgIpc) is 2.61. The van der Waals surface area contributed by atoms with Gasteiger partial charge in [0.05, 0.1) is 18.0 Å². The molecule has 0 aliphatic heterocycles. The van der Waals surface area contributed by atoms with Crippen LogP contribution in [-0.4, -0.2) is 33.8 Å². The van der Waals surface area contributed by atoms with Gasteiger partial charge in [-0.05, 0) is 43.7 Å². The third kappa shape index (κ3) is 4.98. The van der Waals surface area contributed by atoms with Crippen LogP contribution in [0.2, 0.25) is 0 Å². The van der Waals surface area contributed by atoms with Crippen molar-refractivity contribution in [3.05, 3.63) is 54.1 Å². The summed E-state index contributed by atoms with van der Waals surface area (Å²) >= 11 is 0. The Labute approximate surface area is 154 Å². The van der Waals surface area contributed by atoms with Gasteiger partial charge in [0.25, 0.3) is 5.91 Å². The molecule has 0 radical (unpaired) electrons. The van der Waals surface area contributed by atoms with E-state index in [0.717, 1.165) is 11.8 Å². The molecule has 0 aliphatic carbocycles. The van der Waals surface area contributed by atoms with Crippen molar-refractivity contribution in [2.24, 2.45) is 0 Å². The van der Waals surface area contributed by atoms with Crippen molar-refractivity contribution in [2.75, 3.05) is 13.4 Å². The molecule has 0 saturated heterocycles. The molecule has 2 aromatic carbocycles. The fraction of sp³-hybridized carbons (Fsp3) is 0.316. The molecule has 2 atom stereocenters. The van der Waals surface area contributed by atoms with Crippen LogP contribution in [-0.2, 0) is 14.6 Å². The third-order valence-corrected chi connectivity index (χ3v) is 5.04. The maximum atomic E-state index is 12.4. The van der Waals surface area contributed by atoms with E-state index in [1.165, 1.54) is 19.2 Å². The summed E-state index contributed by atoms with van der Waals surface area (Å²) < 4.78 is 33.9. The molecular formula is C19H23NO5S. The lowest BCUT2D eigenvalue weighted by atomic mass is 10.1. The summed E-state index contributed by atoms with van der Waals surface area (Å²) in [6.45, 7) is 3.48. The van der Waals surface area contributed by atoms with Crippen LogP contribution in [0.5, 0.6) is 11.5 Å². The fourth-order valence-corrected chi connectivity index (χ4v) is 3.01. The highest BCUT2D eigenvalue weighted by molar-refractivity contribution is 7.90. The predicted octanol–water partition coefficient (Wildman–Crippen LogP) is 2.74. The van der Waals surface area contributed by atoms with Gasteiger partial charge in [0.15, 0.2) is 27.4 Å². The van der Waals surface area contributed by atoms with Gasteiger partial charge in [-0.1, -0.05) is 24.3 Å². The molecule has 2 aromatic rings. The maximum Gasteiger partial charge on any atom is 0.261 e. The van der Waals surface area contributed by atoms with Crippen molar-refractivity contribution in [2.45, 2.75) is 30.9 Å². The molecule has 6 nitrogen and oxygen atoms in total. The van der Waals surface area contributed by atoms with Crippen LogP contribution in [0.1, 0.15) is 25.5 Å². The summed E-state index contributed by atoms with van der Waals surface area (Å²) in [7, 11) is -1.71. The van der Waals surface area contributed by atoms with Crippen molar-refractivity contribution < 1.29 is 22.7 Å². The SMILES string of the molecule is COc1ccccc1OC(C)C(=O)NC(C)c1ccc(S(C)(=O)=O)cc1. The number of ether oxygens (including phenoxy) is 2. The molecule has 0 fully saturated rings. The highest BCUT2D eigenvalue weighted by Gasteiger charge is 2.19. The molecule has 2 unspecified atom stereocenters. The number of para-hydroxylation sites is 2. The summed E-state index contributed by atoms with van der Waals surface area (Å²) in [5.41, 5.74) is 0.801. The van der Waals surface area contributed by atoms with Gasteiger partial charge >= 0.3 is 0 Å². The van der Waals surface area contributed by atoms with Gasteiger partial charge in [-0.15, -0.1) is 0 Å². The molecular weight excluding hydrogens is 354 g/mol. The zero-order valence-electron chi connectivity index (χ0n) is 15.2. The van der Waals surface area contributed by atoms with E-state index in [1.54, 1.807) is 37.3 Å². The Morgan fingerprint density at radius 3 is 2.12 bits per heavy atom. The van der Waals surface area contributed by atoms with Crippen LogP contribution in [0.15, 0.2) is 53.4 Å². The minimum Gasteiger partial charge on any atom is -0.493 e. The molecule has 2 rings (SSSR count). The van der Waals surface area contributed by atoms with Gasteiger partial charge in [-0.3, -0.25) is 4.79 Å². The molecule has 0 spiro atoms. The lowest BCUT2D eigenvalue weighted by molar-refractivity contribution is -0.127. The van der Waals surface area contributed by atoms with E-state index < -0.39 is 15.9 Å². The third-order valence-electron chi connectivity index (χ3n) is 3.91. The summed E-state index contributed by atoms with van der Waals surface area (Å²) in [4.78, 5) is 12.6. The zero-order chi connectivity index (χ0) is 19.3. The van der Waals surface area contributed by atoms with Crippen LogP contribution in [0, 0.1) is 0 Å². The summed E-state index contributed by atoms with van der Waals surface area (Å²) in [6, 6.07) is 13.2. The van der Waals surface area contributed by atoms with Gasteiger partial charge in [-0.2, -0.15) is 0 Å². The second kappa shape index (κ2) is 8.23. The number of hydrogen-bond donors (Lipinski definition) is 1. The normalized spacial score (nSPS) is 13.5. The largest absolute Gasteiger partial charge is 0.493 e. The van der Waals surface area contributed by atoms with Gasteiger partial charge in [0.1, 0.15) is 0 Å².